The molecule has 0 radical (unpaired) electrons. The fourth-order valence-corrected chi connectivity index (χ4v) is 4.00. The Labute approximate surface area is 106 Å². The molecular formula is C11H16N2O2S2. The highest BCUT2D eigenvalue weighted by Crippen LogP contribution is 2.36. The number of benzene rings is 1. The van der Waals surface area contributed by atoms with E-state index in [-0.39, 0.29) is 10.6 Å². The largest absolute Gasteiger partial charge is 0.398 e. The Bertz CT molecular complexity index is 508. The molecule has 17 heavy (non-hydrogen) atoms. The van der Waals surface area contributed by atoms with E-state index in [0.29, 0.717) is 5.25 Å². The lowest BCUT2D eigenvalue weighted by Gasteiger charge is -2.10. The molecule has 4 N–H and O–H groups in total. The van der Waals surface area contributed by atoms with Gasteiger partial charge in [-0.3, -0.25) is 0 Å². The summed E-state index contributed by atoms with van der Waals surface area (Å²) in [6.07, 6.45) is 5.01. The maximum Gasteiger partial charge on any atom is 0.240 e. The number of primary sulfonamides is 1. The molecule has 2 rings (SSSR count). The van der Waals surface area contributed by atoms with Crippen LogP contribution in [0.25, 0.3) is 0 Å². The van der Waals surface area contributed by atoms with E-state index in [1.807, 2.05) is 0 Å². The molecule has 0 saturated heterocycles. The van der Waals surface area contributed by atoms with E-state index < -0.39 is 10.0 Å². The molecule has 0 spiro atoms. The molecule has 1 aliphatic rings. The smallest absolute Gasteiger partial charge is 0.240 e. The number of thioether (sulfide) groups is 1. The third kappa shape index (κ3) is 3.14. The lowest BCUT2D eigenvalue weighted by atomic mass is 10.3. The molecule has 0 heterocycles. The Hall–Kier alpha value is -0.720. The molecule has 0 bridgehead atoms. The van der Waals surface area contributed by atoms with Crippen LogP contribution in [0.15, 0.2) is 28.0 Å². The summed E-state index contributed by atoms with van der Waals surface area (Å²) in [5.74, 6) is 0. The standard InChI is InChI=1S/C11H16N2O2S2/c12-10-7-9(16-8-3-1-2-4-8)5-6-11(10)17(13,14)15/h5-8H,1-4,12H2,(H2,13,14,15). The number of nitrogen functional groups attached to an aromatic ring is 1. The highest BCUT2D eigenvalue weighted by atomic mass is 32.2. The van der Waals surface area contributed by atoms with Gasteiger partial charge in [0, 0.05) is 10.1 Å². The van der Waals surface area contributed by atoms with Crippen LogP contribution in [-0.4, -0.2) is 13.7 Å². The maximum atomic E-state index is 11.2. The van der Waals surface area contributed by atoms with Gasteiger partial charge in [-0.25, -0.2) is 13.6 Å². The first-order chi connectivity index (χ1) is 7.97. The molecule has 1 aromatic carbocycles. The zero-order valence-corrected chi connectivity index (χ0v) is 11.1. The summed E-state index contributed by atoms with van der Waals surface area (Å²) < 4.78 is 22.4. The lowest BCUT2D eigenvalue weighted by Crippen LogP contribution is -2.14. The van der Waals surface area contributed by atoms with Crippen molar-refractivity contribution in [3.63, 3.8) is 0 Å². The van der Waals surface area contributed by atoms with Crippen molar-refractivity contribution in [3.05, 3.63) is 18.2 Å². The van der Waals surface area contributed by atoms with Crippen molar-refractivity contribution in [2.24, 2.45) is 5.14 Å². The van der Waals surface area contributed by atoms with Crippen molar-refractivity contribution in [1.82, 2.24) is 0 Å². The van der Waals surface area contributed by atoms with Gasteiger partial charge in [0.15, 0.2) is 0 Å². The summed E-state index contributed by atoms with van der Waals surface area (Å²) >= 11 is 1.77. The van der Waals surface area contributed by atoms with Crippen molar-refractivity contribution in [3.8, 4) is 0 Å². The van der Waals surface area contributed by atoms with E-state index in [1.54, 1.807) is 23.9 Å². The predicted octanol–water partition coefficient (Wildman–Crippen LogP) is 1.95. The van der Waals surface area contributed by atoms with Crippen molar-refractivity contribution in [2.75, 3.05) is 5.73 Å². The minimum Gasteiger partial charge on any atom is -0.398 e. The first-order valence-corrected chi connectivity index (χ1v) is 7.98. The monoisotopic (exact) mass is 272 g/mol. The van der Waals surface area contributed by atoms with Crippen LogP contribution in [0.2, 0.25) is 0 Å². The van der Waals surface area contributed by atoms with Crippen molar-refractivity contribution in [2.45, 2.75) is 40.7 Å². The second-order valence-corrected chi connectivity index (χ2v) is 7.17. The van der Waals surface area contributed by atoms with Crippen LogP contribution in [0.5, 0.6) is 0 Å². The van der Waals surface area contributed by atoms with Gasteiger partial charge >= 0.3 is 0 Å². The lowest BCUT2D eigenvalue weighted by molar-refractivity contribution is 0.598. The van der Waals surface area contributed by atoms with E-state index in [2.05, 4.69) is 0 Å². The second kappa shape index (κ2) is 4.88. The Balaban J connectivity index is 2.19. The van der Waals surface area contributed by atoms with Crippen molar-refractivity contribution < 1.29 is 8.42 Å². The van der Waals surface area contributed by atoms with Crippen LogP contribution in [0.1, 0.15) is 25.7 Å². The van der Waals surface area contributed by atoms with Gasteiger partial charge in [-0.1, -0.05) is 12.8 Å². The molecule has 1 aliphatic carbocycles. The number of hydrogen-bond acceptors (Lipinski definition) is 4. The summed E-state index contributed by atoms with van der Waals surface area (Å²) in [5.41, 5.74) is 5.94. The quantitative estimate of drug-likeness (QED) is 0.823. The van der Waals surface area contributed by atoms with E-state index in [4.69, 9.17) is 10.9 Å². The maximum absolute atomic E-state index is 11.2. The Morgan fingerprint density at radius 3 is 2.41 bits per heavy atom. The summed E-state index contributed by atoms with van der Waals surface area (Å²) in [5, 5.41) is 5.69. The van der Waals surface area contributed by atoms with Crippen LogP contribution in [-0.2, 0) is 10.0 Å². The summed E-state index contributed by atoms with van der Waals surface area (Å²) in [7, 11) is -3.71. The summed E-state index contributed by atoms with van der Waals surface area (Å²) in [6.45, 7) is 0. The van der Waals surface area contributed by atoms with Crippen LogP contribution in [0, 0.1) is 0 Å². The molecule has 6 heteroatoms. The van der Waals surface area contributed by atoms with Gasteiger partial charge < -0.3 is 5.73 Å². The summed E-state index contributed by atoms with van der Waals surface area (Å²) in [4.78, 5) is 1.02. The van der Waals surface area contributed by atoms with Gasteiger partial charge in [0.05, 0.1) is 5.69 Å². The molecule has 1 fully saturated rings. The highest BCUT2D eigenvalue weighted by molar-refractivity contribution is 8.00. The predicted molar refractivity (Wildman–Crippen MR) is 70.3 cm³/mol. The summed E-state index contributed by atoms with van der Waals surface area (Å²) in [6, 6.07) is 4.96. The Kier molecular flexibility index (Phi) is 3.65. The average molecular weight is 272 g/mol. The normalized spacial score (nSPS) is 17.5. The van der Waals surface area contributed by atoms with Crippen LogP contribution < -0.4 is 10.9 Å². The molecule has 0 aromatic heterocycles. The van der Waals surface area contributed by atoms with Gasteiger partial charge in [0.25, 0.3) is 0 Å². The van der Waals surface area contributed by atoms with E-state index in [9.17, 15) is 8.42 Å². The number of sulfonamides is 1. The van der Waals surface area contributed by atoms with Gasteiger partial charge in [0.1, 0.15) is 4.90 Å². The molecule has 0 aliphatic heterocycles. The molecule has 0 atom stereocenters. The topological polar surface area (TPSA) is 86.2 Å². The number of hydrogen-bond donors (Lipinski definition) is 2. The second-order valence-electron chi connectivity index (χ2n) is 4.27. The van der Waals surface area contributed by atoms with Crippen LogP contribution in [0.4, 0.5) is 5.69 Å². The van der Waals surface area contributed by atoms with E-state index in [1.165, 1.54) is 31.7 Å². The van der Waals surface area contributed by atoms with E-state index in [0.717, 1.165) is 4.90 Å². The van der Waals surface area contributed by atoms with Gasteiger partial charge in [0.2, 0.25) is 10.0 Å². The molecule has 0 amide bonds. The minimum absolute atomic E-state index is 0.00766. The van der Waals surface area contributed by atoms with Gasteiger partial charge in [-0.15, -0.1) is 11.8 Å². The molecular weight excluding hydrogens is 256 g/mol. The van der Waals surface area contributed by atoms with E-state index >= 15 is 0 Å². The van der Waals surface area contributed by atoms with Gasteiger partial charge in [-0.2, -0.15) is 0 Å². The third-order valence-corrected chi connectivity index (χ3v) is 5.21. The Morgan fingerprint density at radius 2 is 1.88 bits per heavy atom. The molecule has 1 saturated carbocycles. The minimum atomic E-state index is -3.71. The van der Waals surface area contributed by atoms with Crippen LogP contribution in [0.3, 0.4) is 0 Å². The number of nitrogens with two attached hydrogens (primary N) is 2. The molecule has 4 nitrogen and oxygen atoms in total. The zero-order chi connectivity index (χ0) is 12.5. The fraction of sp³-hybridized carbons (Fsp3) is 0.455. The Morgan fingerprint density at radius 1 is 1.24 bits per heavy atom. The zero-order valence-electron chi connectivity index (χ0n) is 9.43. The average Bonchev–Trinajstić information content (AvgIpc) is 2.68. The van der Waals surface area contributed by atoms with Crippen molar-refractivity contribution in [1.29, 1.82) is 0 Å². The number of anilines is 1. The van der Waals surface area contributed by atoms with Gasteiger partial charge in [-0.05, 0) is 31.0 Å². The molecule has 1 aromatic rings. The molecule has 0 unspecified atom stereocenters. The number of rotatable bonds is 3. The first-order valence-electron chi connectivity index (χ1n) is 5.56. The fourth-order valence-electron chi connectivity index (χ4n) is 2.06. The van der Waals surface area contributed by atoms with Crippen molar-refractivity contribution >= 4 is 27.5 Å². The molecule has 94 valence electrons. The third-order valence-electron chi connectivity index (χ3n) is 2.89. The first kappa shape index (κ1) is 12.7. The SMILES string of the molecule is Nc1cc(SC2CCCC2)ccc1S(N)(=O)=O. The highest BCUT2D eigenvalue weighted by Gasteiger charge is 2.18. The van der Waals surface area contributed by atoms with Crippen LogP contribution >= 0.6 is 11.8 Å².